The van der Waals surface area contributed by atoms with E-state index in [0.717, 1.165) is 28.0 Å². The molecule has 1 aromatic heterocycles. The quantitative estimate of drug-likeness (QED) is 0.413. The Balaban J connectivity index is 1.66. The minimum Gasteiger partial charge on any atom is -0.497 e. The SMILES string of the molecule is COC(=O)c1cc(Oc2nc3cc(-c4ccc(OC)cc4)c(Cl)cc3[nH]2)ccc1C. The summed E-state index contributed by atoms with van der Waals surface area (Å²) in [5, 5.41) is 0.589. The summed E-state index contributed by atoms with van der Waals surface area (Å²) in [5.41, 5.74) is 4.50. The van der Waals surface area contributed by atoms with Crippen molar-refractivity contribution in [2.24, 2.45) is 0 Å². The number of nitrogens with zero attached hydrogens (tertiary/aromatic N) is 1. The first-order chi connectivity index (χ1) is 14.5. The number of fused-ring (bicyclic) bond motifs is 1. The molecular weight excluding hydrogens is 404 g/mol. The van der Waals surface area contributed by atoms with E-state index in [2.05, 4.69) is 9.97 Å². The zero-order chi connectivity index (χ0) is 21.3. The van der Waals surface area contributed by atoms with Crippen LogP contribution in [0.1, 0.15) is 15.9 Å². The molecule has 0 aliphatic heterocycles. The van der Waals surface area contributed by atoms with Gasteiger partial charge in [0, 0.05) is 5.56 Å². The fourth-order valence-corrected chi connectivity index (χ4v) is 3.43. The van der Waals surface area contributed by atoms with Crippen LogP contribution in [0, 0.1) is 6.92 Å². The van der Waals surface area contributed by atoms with Gasteiger partial charge in [0.2, 0.25) is 0 Å². The Bertz CT molecular complexity index is 1230. The molecule has 1 N–H and O–H groups in total. The third kappa shape index (κ3) is 3.82. The van der Waals surface area contributed by atoms with Crippen molar-refractivity contribution in [3.05, 3.63) is 70.7 Å². The van der Waals surface area contributed by atoms with E-state index in [9.17, 15) is 4.79 Å². The Labute approximate surface area is 178 Å². The predicted octanol–water partition coefficient (Wildman–Crippen LogP) is 5.78. The molecule has 0 aliphatic carbocycles. The summed E-state index contributed by atoms with van der Waals surface area (Å²) in [4.78, 5) is 19.5. The van der Waals surface area contributed by atoms with Crippen LogP contribution in [0.5, 0.6) is 17.5 Å². The van der Waals surface area contributed by atoms with E-state index in [0.29, 0.717) is 27.9 Å². The normalized spacial score (nSPS) is 10.8. The van der Waals surface area contributed by atoms with Crippen molar-refractivity contribution in [3.63, 3.8) is 0 Å². The molecule has 0 saturated heterocycles. The van der Waals surface area contributed by atoms with Crippen molar-refractivity contribution < 1.29 is 19.0 Å². The number of H-pyrrole nitrogens is 1. The van der Waals surface area contributed by atoms with Gasteiger partial charge in [-0.15, -0.1) is 0 Å². The van der Waals surface area contributed by atoms with E-state index >= 15 is 0 Å². The number of carbonyl (C=O) groups is 1. The van der Waals surface area contributed by atoms with Gasteiger partial charge in [0.25, 0.3) is 6.01 Å². The number of aryl methyl sites for hydroxylation is 1. The molecule has 0 amide bonds. The van der Waals surface area contributed by atoms with Crippen molar-refractivity contribution in [2.45, 2.75) is 6.92 Å². The highest BCUT2D eigenvalue weighted by Crippen LogP contribution is 2.34. The Kier molecular flexibility index (Phi) is 5.33. The number of imidazole rings is 1. The summed E-state index contributed by atoms with van der Waals surface area (Å²) < 4.78 is 15.9. The van der Waals surface area contributed by atoms with Gasteiger partial charge < -0.3 is 19.2 Å². The fourth-order valence-electron chi connectivity index (χ4n) is 3.15. The van der Waals surface area contributed by atoms with Gasteiger partial charge in [-0.25, -0.2) is 4.79 Å². The Morgan fingerprint density at radius 3 is 2.43 bits per heavy atom. The first kappa shape index (κ1) is 19.8. The zero-order valence-corrected chi connectivity index (χ0v) is 17.4. The number of carbonyl (C=O) groups excluding carboxylic acids is 1. The van der Waals surface area contributed by atoms with Gasteiger partial charge in [-0.2, -0.15) is 4.98 Å². The second kappa shape index (κ2) is 8.08. The molecule has 30 heavy (non-hydrogen) atoms. The van der Waals surface area contributed by atoms with Gasteiger partial charge >= 0.3 is 5.97 Å². The summed E-state index contributed by atoms with van der Waals surface area (Å²) in [7, 11) is 2.97. The maximum atomic E-state index is 11.9. The van der Waals surface area contributed by atoms with Gasteiger partial charge in [0.15, 0.2) is 0 Å². The van der Waals surface area contributed by atoms with Crippen molar-refractivity contribution in [2.75, 3.05) is 14.2 Å². The molecule has 4 rings (SSSR count). The number of benzene rings is 3. The van der Waals surface area contributed by atoms with Crippen LogP contribution in [0.3, 0.4) is 0 Å². The van der Waals surface area contributed by atoms with E-state index < -0.39 is 5.97 Å². The number of esters is 1. The molecule has 0 saturated carbocycles. The van der Waals surface area contributed by atoms with Gasteiger partial charge in [-0.05, 0) is 54.4 Å². The van der Waals surface area contributed by atoms with Crippen molar-refractivity contribution >= 4 is 28.6 Å². The molecule has 7 heteroatoms. The Morgan fingerprint density at radius 2 is 1.73 bits per heavy atom. The topological polar surface area (TPSA) is 73.4 Å². The minimum atomic E-state index is -0.418. The number of methoxy groups -OCH3 is 2. The summed E-state index contributed by atoms with van der Waals surface area (Å²) in [6.07, 6.45) is 0. The van der Waals surface area contributed by atoms with Gasteiger partial charge in [-0.1, -0.05) is 29.8 Å². The van der Waals surface area contributed by atoms with Crippen LogP contribution < -0.4 is 9.47 Å². The number of halogens is 1. The van der Waals surface area contributed by atoms with Gasteiger partial charge in [-0.3, -0.25) is 0 Å². The highest BCUT2D eigenvalue weighted by molar-refractivity contribution is 6.34. The molecule has 152 valence electrons. The van der Waals surface area contributed by atoms with E-state index in [1.165, 1.54) is 7.11 Å². The molecule has 0 radical (unpaired) electrons. The number of hydrogen-bond acceptors (Lipinski definition) is 5. The third-order valence-electron chi connectivity index (χ3n) is 4.78. The third-order valence-corrected chi connectivity index (χ3v) is 5.09. The first-order valence-electron chi connectivity index (χ1n) is 9.19. The number of nitrogens with one attached hydrogen (secondary N) is 1. The lowest BCUT2D eigenvalue weighted by Gasteiger charge is -2.07. The molecule has 3 aromatic carbocycles. The molecule has 1 heterocycles. The van der Waals surface area contributed by atoms with Crippen LogP contribution in [-0.2, 0) is 4.74 Å². The predicted molar refractivity (Wildman–Crippen MR) is 116 cm³/mol. The monoisotopic (exact) mass is 422 g/mol. The zero-order valence-electron chi connectivity index (χ0n) is 16.7. The average molecular weight is 423 g/mol. The molecule has 0 aliphatic rings. The Morgan fingerprint density at radius 1 is 1.00 bits per heavy atom. The molecular formula is C23H19ClN2O4. The lowest BCUT2D eigenvalue weighted by atomic mass is 10.0. The van der Waals surface area contributed by atoms with Gasteiger partial charge in [0.05, 0.1) is 35.8 Å². The number of aromatic nitrogens is 2. The number of aromatic amines is 1. The van der Waals surface area contributed by atoms with Crippen molar-refractivity contribution in [1.29, 1.82) is 0 Å². The lowest BCUT2D eigenvalue weighted by molar-refractivity contribution is 0.0599. The van der Waals surface area contributed by atoms with Crippen molar-refractivity contribution in [3.8, 4) is 28.6 Å². The van der Waals surface area contributed by atoms with Crippen LogP contribution in [0.25, 0.3) is 22.2 Å². The molecule has 0 fully saturated rings. The summed E-state index contributed by atoms with van der Waals surface area (Å²) in [6.45, 7) is 1.83. The van der Waals surface area contributed by atoms with Crippen LogP contribution >= 0.6 is 11.6 Å². The molecule has 6 nitrogen and oxygen atoms in total. The molecule has 0 atom stereocenters. The minimum absolute atomic E-state index is 0.299. The second-order valence-corrected chi connectivity index (χ2v) is 7.10. The molecule has 0 unspecified atom stereocenters. The Hall–Kier alpha value is -3.51. The maximum absolute atomic E-state index is 11.9. The van der Waals surface area contributed by atoms with E-state index in [4.69, 9.17) is 25.8 Å². The van der Waals surface area contributed by atoms with E-state index in [1.54, 1.807) is 25.3 Å². The number of ether oxygens (including phenoxy) is 3. The van der Waals surface area contributed by atoms with E-state index in [1.807, 2.05) is 43.3 Å². The molecule has 0 bridgehead atoms. The summed E-state index contributed by atoms with van der Waals surface area (Å²) >= 11 is 6.50. The molecule has 4 aromatic rings. The molecule has 0 spiro atoms. The van der Waals surface area contributed by atoms with Crippen LogP contribution in [0.15, 0.2) is 54.6 Å². The number of hydrogen-bond donors (Lipinski definition) is 1. The lowest BCUT2D eigenvalue weighted by Crippen LogP contribution is -2.04. The average Bonchev–Trinajstić information content (AvgIpc) is 3.15. The second-order valence-electron chi connectivity index (χ2n) is 6.69. The van der Waals surface area contributed by atoms with Crippen LogP contribution in [0.2, 0.25) is 5.02 Å². The van der Waals surface area contributed by atoms with E-state index in [-0.39, 0.29) is 0 Å². The summed E-state index contributed by atoms with van der Waals surface area (Å²) in [6, 6.07) is 16.8. The van der Waals surface area contributed by atoms with Gasteiger partial charge in [0.1, 0.15) is 11.5 Å². The van der Waals surface area contributed by atoms with Crippen molar-refractivity contribution in [1.82, 2.24) is 9.97 Å². The van der Waals surface area contributed by atoms with Crippen LogP contribution in [-0.4, -0.2) is 30.2 Å². The highest BCUT2D eigenvalue weighted by Gasteiger charge is 2.14. The summed E-state index contributed by atoms with van der Waals surface area (Å²) in [5.74, 6) is 0.829. The maximum Gasteiger partial charge on any atom is 0.338 e. The standard InChI is InChI=1S/C23H19ClN2O4/c1-13-4-7-16(10-17(13)22(27)29-3)30-23-25-20-11-18(19(24)12-21(20)26-23)14-5-8-15(28-2)9-6-14/h4-12H,1-3H3,(H,25,26). The highest BCUT2D eigenvalue weighted by atomic mass is 35.5. The fraction of sp³-hybridized carbons (Fsp3) is 0.130. The van der Waals surface area contributed by atoms with Crippen LogP contribution in [0.4, 0.5) is 0 Å². The largest absolute Gasteiger partial charge is 0.497 e. The first-order valence-corrected chi connectivity index (χ1v) is 9.57. The number of rotatable bonds is 5. The smallest absolute Gasteiger partial charge is 0.338 e.